The number of carbonyl (C=O) groups is 1. The second kappa shape index (κ2) is 8.99. The van der Waals surface area contributed by atoms with Gasteiger partial charge in [0.15, 0.2) is 0 Å². The van der Waals surface area contributed by atoms with Crippen molar-refractivity contribution < 1.29 is 4.79 Å². The number of hydrogen-bond acceptors (Lipinski definition) is 5. The van der Waals surface area contributed by atoms with Gasteiger partial charge in [-0.3, -0.25) is 4.90 Å². The first-order chi connectivity index (χ1) is 12.2. The number of urea groups is 1. The van der Waals surface area contributed by atoms with Crippen molar-refractivity contribution >= 4 is 12.0 Å². The van der Waals surface area contributed by atoms with Crippen LogP contribution in [0.4, 0.5) is 10.7 Å². The average Bonchev–Trinajstić information content (AvgIpc) is 2.66. The van der Waals surface area contributed by atoms with Crippen LogP contribution in [-0.2, 0) is 0 Å². The van der Waals surface area contributed by atoms with Crippen molar-refractivity contribution in [2.75, 3.05) is 50.7 Å². The number of piperidine rings is 1. The third-order valence-electron chi connectivity index (χ3n) is 5.20. The lowest BCUT2D eigenvalue weighted by atomic mass is 10.0. The van der Waals surface area contributed by atoms with Crippen molar-refractivity contribution in [3.63, 3.8) is 0 Å². The average molecular weight is 346 g/mol. The third-order valence-corrected chi connectivity index (χ3v) is 5.20. The lowest BCUT2D eigenvalue weighted by Crippen LogP contribution is -2.49. The fraction of sp³-hybridized carbons (Fsp3) is 0.722. The summed E-state index contributed by atoms with van der Waals surface area (Å²) >= 11 is 0. The number of hydrogen-bond donors (Lipinski definition) is 1. The molecule has 2 aliphatic heterocycles. The van der Waals surface area contributed by atoms with E-state index in [1.165, 1.54) is 6.42 Å². The molecular weight excluding hydrogens is 316 g/mol. The Morgan fingerprint density at radius 1 is 1.16 bits per heavy atom. The second-order valence-corrected chi connectivity index (χ2v) is 7.00. The molecule has 2 fully saturated rings. The maximum absolute atomic E-state index is 12.2. The largest absolute Gasteiger partial charge is 0.338 e. The van der Waals surface area contributed by atoms with Gasteiger partial charge in [0.2, 0.25) is 5.95 Å². The minimum absolute atomic E-state index is 0.109. The fourth-order valence-corrected chi connectivity index (χ4v) is 3.63. The SMILES string of the molecule is CC1CCCCN1C(=O)NCCCN1CCN(c2ncccn2)CC1. The van der Waals surface area contributed by atoms with Crippen LogP contribution in [0.3, 0.4) is 0 Å². The zero-order valence-electron chi connectivity index (χ0n) is 15.2. The molecular formula is C18H30N6O. The summed E-state index contributed by atoms with van der Waals surface area (Å²) in [6, 6.07) is 2.33. The number of nitrogens with one attached hydrogen (secondary N) is 1. The zero-order valence-corrected chi connectivity index (χ0v) is 15.2. The van der Waals surface area contributed by atoms with Crippen LogP contribution in [0.1, 0.15) is 32.6 Å². The molecule has 138 valence electrons. The molecule has 1 aromatic rings. The molecule has 2 amide bonds. The van der Waals surface area contributed by atoms with E-state index in [2.05, 4.69) is 32.0 Å². The van der Waals surface area contributed by atoms with Gasteiger partial charge in [-0.15, -0.1) is 0 Å². The van der Waals surface area contributed by atoms with Crippen LogP contribution in [0.2, 0.25) is 0 Å². The molecule has 0 bridgehead atoms. The molecule has 0 spiro atoms. The Labute approximate surface area is 150 Å². The summed E-state index contributed by atoms with van der Waals surface area (Å²) in [5, 5.41) is 3.09. The highest BCUT2D eigenvalue weighted by Gasteiger charge is 2.23. The van der Waals surface area contributed by atoms with Crippen molar-refractivity contribution in [1.82, 2.24) is 25.1 Å². The van der Waals surface area contributed by atoms with Crippen molar-refractivity contribution in [3.05, 3.63) is 18.5 Å². The molecule has 0 saturated carbocycles. The van der Waals surface area contributed by atoms with Crippen molar-refractivity contribution in [2.45, 2.75) is 38.6 Å². The Balaban J connectivity index is 1.30. The van der Waals surface area contributed by atoms with Gasteiger partial charge in [-0.2, -0.15) is 0 Å². The number of anilines is 1. The summed E-state index contributed by atoms with van der Waals surface area (Å²) in [6.45, 7) is 8.79. The molecule has 0 aliphatic carbocycles. The smallest absolute Gasteiger partial charge is 0.317 e. The van der Waals surface area contributed by atoms with E-state index in [9.17, 15) is 4.79 Å². The normalized spacial score (nSPS) is 22.0. The van der Waals surface area contributed by atoms with Gasteiger partial charge in [-0.1, -0.05) is 0 Å². The fourth-order valence-electron chi connectivity index (χ4n) is 3.63. The van der Waals surface area contributed by atoms with Gasteiger partial charge in [-0.25, -0.2) is 14.8 Å². The molecule has 7 nitrogen and oxygen atoms in total. The molecule has 2 saturated heterocycles. The van der Waals surface area contributed by atoms with Crippen LogP contribution in [0.15, 0.2) is 18.5 Å². The first-order valence-corrected chi connectivity index (χ1v) is 9.53. The van der Waals surface area contributed by atoms with Crippen LogP contribution in [0, 0.1) is 0 Å². The summed E-state index contributed by atoms with van der Waals surface area (Å²) in [7, 11) is 0. The highest BCUT2D eigenvalue weighted by Crippen LogP contribution is 2.16. The van der Waals surface area contributed by atoms with Crippen molar-refractivity contribution in [3.8, 4) is 0 Å². The van der Waals surface area contributed by atoms with Crippen LogP contribution in [0.5, 0.6) is 0 Å². The van der Waals surface area contributed by atoms with E-state index in [-0.39, 0.29) is 6.03 Å². The Hall–Kier alpha value is -1.89. The van der Waals surface area contributed by atoms with E-state index in [0.717, 1.165) is 71.0 Å². The summed E-state index contributed by atoms with van der Waals surface area (Å²) in [5.74, 6) is 0.824. The molecule has 1 unspecified atom stereocenters. The molecule has 0 aromatic carbocycles. The van der Waals surface area contributed by atoms with E-state index in [4.69, 9.17) is 0 Å². The lowest BCUT2D eigenvalue weighted by Gasteiger charge is -2.35. The first kappa shape index (κ1) is 17.9. The van der Waals surface area contributed by atoms with Gasteiger partial charge in [0.25, 0.3) is 0 Å². The number of rotatable bonds is 5. The van der Waals surface area contributed by atoms with E-state index >= 15 is 0 Å². The topological polar surface area (TPSA) is 64.6 Å². The molecule has 1 aromatic heterocycles. The maximum atomic E-state index is 12.2. The molecule has 1 atom stereocenters. The minimum Gasteiger partial charge on any atom is -0.338 e. The van der Waals surface area contributed by atoms with Crippen LogP contribution >= 0.6 is 0 Å². The molecule has 1 N–H and O–H groups in total. The van der Waals surface area contributed by atoms with E-state index < -0.39 is 0 Å². The third kappa shape index (κ3) is 5.04. The highest BCUT2D eigenvalue weighted by molar-refractivity contribution is 5.74. The highest BCUT2D eigenvalue weighted by atomic mass is 16.2. The van der Waals surface area contributed by atoms with Gasteiger partial charge in [-0.05, 0) is 45.2 Å². The number of piperazine rings is 1. The van der Waals surface area contributed by atoms with Gasteiger partial charge < -0.3 is 15.1 Å². The van der Waals surface area contributed by atoms with Gasteiger partial charge in [0.05, 0.1) is 0 Å². The van der Waals surface area contributed by atoms with E-state index in [1.807, 2.05) is 11.0 Å². The molecule has 7 heteroatoms. The van der Waals surface area contributed by atoms with Gasteiger partial charge in [0.1, 0.15) is 0 Å². The summed E-state index contributed by atoms with van der Waals surface area (Å²) in [4.78, 5) is 27.5. The Morgan fingerprint density at radius 2 is 1.92 bits per heavy atom. The minimum atomic E-state index is 0.109. The van der Waals surface area contributed by atoms with Gasteiger partial charge >= 0.3 is 6.03 Å². The lowest BCUT2D eigenvalue weighted by molar-refractivity contribution is 0.157. The van der Waals surface area contributed by atoms with Gasteiger partial charge in [0, 0.05) is 57.7 Å². The molecule has 25 heavy (non-hydrogen) atoms. The van der Waals surface area contributed by atoms with E-state index in [0.29, 0.717) is 6.04 Å². The predicted molar refractivity (Wildman–Crippen MR) is 98.7 cm³/mol. The maximum Gasteiger partial charge on any atom is 0.317 e. The molecule has 3 heterocycles. The first-order valence-electron chi connectivity index (χ1n) is 9.53. The number of likely N-dealkylation sites (tertiary alicyclic amines) is 1. The van der Waals surface area contributed by atoms with E-state index in [1.54, 1.807) is 12.4 Å². The van der Waals surface area contributed by atoms with Crippen LogP contribution in [0.25, 0.3) is 0 Å². The number of nitrogens with zero attached hydrogens (tertiary/aromatic N) is 5. The quantitative estimate of drug-likeness (QED) is 0.820. The summed E-state index contributed by atoms with van der Waals surface area (Å²) < 4.78 is 0. The molecule has 2 aliphatic rings. The van der Waals surface area contributed by atoms with Crippen LogP contribution < -0.4 is 10.2 Å². The zero-order chi connectivity index (χ0) is 17.5. The molecule has 0 radical (unpaired) electrons. The van der Waals surface area contributed by atoms with Crippen LogP contribution in [-0.4, -0.2) is 77.7 Å². The standard InChI is InChI=1S/C18H30N6O/c1-16-6-2-3-11-24(16)18(25)21-9-5-10-22-12-14-23(15-13-22)17-19-7-4-8-20-17/h4,7-8,16H,2-3,5-6,9-15H2,1H3,(H,21,25). The van der Waals surface area contributed by atoms with Crippen molar-refractivity contribution in [1.29, 1.82) is 0 Å². The Morgan fingerprint density at radius 3 is 2.64 bits per heavy atom. The Kier molecular flexibility index (Phi) is 6.44. The monoisotopic (exact) mass is 346 g/mol. The number of aromatic nitrogens is 2. The number of carbonyl (C=O) groups excluding carboxylic acids is 1. The summed E-state index contributed by atoms with van der Waals surface area (Å²) in [6.07, 6.45) is 8.08. The Bertz CT molecular complexity index is 532. The number of amides is 2. The predicted octanol–water partition coefficient (Wildman–Crippen LogP) is 1.57. The second-order valence-electron chi connectivity index (χ2n) is 7.00. The summed E-state index contributed by atoms with van der Waals surface area (Å²) in [5.41, 5.74) is 0. The molecule has 3 rings (SSSR count). The van der Waals surface area contributed by atoms with Crippen molar-refractivity contribution in [2.24, 2.45) is 0 Å².